The normalized spacial score (nSPS) is 13.5. The van der Waals surface area contributed by atoms with Crippen molar-refractivity contribution in [3.05, 3.63) is 68.1 Å². The fourth-order valence-corrected chi connectivity index (χ4v) is 5.92. The summed E-state index contributed by atoms with van der Waals surface area (Å²) < 4.78 is 3.83. The highest BCUT2D eigenvalue weighted by Crippen LogP contribution is 2.35. The molecule has 6 nitrogen and oxygen atoms in total. The van der Waals surface area contributed by atoms with E-state index in [1.165, 1.54) is 22.4 Å². The summed E-state index contributed by atoms with van der Waals surface area (Å²) in [5.74, 6) is 0.619. The molecule has 4 aromatic rings. The number of thiophene rings is 1. The molecule has 1 aromatic carbocycles. The van der Waals surface area contributed by atoms with Crippen molar-refractivity contribution in [2.24, 2.45) is 0 Å². The average molecular weight is 448 g/mol. The van der Waals surface area contributed by atoms with E-state index in [-0.39, 0.29) is 5.56 Å². The molecule has 3 heterocycles. The van der Waals surface area contributed by atoms with Crippen LogP contribution in [0.5, 0.6) is 0 Å². The number of aryl methyl sites for hydroxylation is 3. The maximum absolute atomic E-state index is 13.5. The third kappa shape index (κ3) is 3.64. The van der Waals surface area contributed by atoms with E-state index in [4.69, 9.17) is 10.1 Å². The van der Waals surface area contributed by atoms with Crippen LogP contribution in [0.15, 0.2) is 35.1 Å². The smallest absolute Gasteiger partial charge is 0.263 e. The van der Waals surface area contributed by atoms with Gasteiger partial charge in [0.15, 0.2) is 0 Å². The van der Waals surface area contributed by atoms with Gasteiger partial charge in [0.2, 0.25) is 5.95 Å². The first-order chi connectivity index (χ1) is 15.6. The monoisotopic (exact) mass is 447 g/mol. The van der Waals surface area contributed by atoms with Crippen LogP contribution in [0, 0.1) is 13.8 Å². The minimum absolute atomic E-state index is 0.0886. The molecule has 7 heteroatoms. The highest BCUT2D eigenvalue weighted by Gasteiger charge is 2.23. The Hall–Kier alpha value is -2.93. The van der Waals surface area contributed by atoms with Gasteiger partial charge in [-0.2, -0.15) is 5.10 Å². The number of aromatic nitrogens is 4. The maximum atomic E-state index is 13.5. The SMILES string of the molecule is CCCn1c(Nc2c(C)nn(Cc3ccccc3)c2C)nc2sc3c(c2c1=O)CCCC3. The van der Waals surface area contributed by atoms with Crippen LogP contribution in [0.3, 0.4) is 0 Å². The van der Waals surface area contributed by atoms with Crippen LogP contribution in [0.2, 0.25) is 0 Å². The Morgan fingerprint density at radius 2 is 1.91 bits per heavy atom. The van der Waals surface area contributed by atoms with E-state index in [9.17, 15) is 4.79 Å². The van der Waals surface area contributed by atoms with Crippen molar-refractivity contribution in [1.82, 2.24) is 19.3 Å². The van der Waals surface area contributed by atoms with Crippen LogP contribution in [0.25, 0.3) is 10.2 Å². The molecule has 0 saturated heterocycles. The summed E-state index contributed by atoms with van der Waals surface area (Å²) >= 11 is 1.70. The number of fused-ring (bicyclic) bond motifs is 3. The Balaban J connectivity index is 1.57. The van der Waals surface area contributed by atoms with Crippen molar-refractivity contribution in [3.63, 3.8) is 0 Å². The predicted octanol–water partition coefficient (Wildman–Crippen LogP) is 5.35. The van der Waals surface area contributed by atoms with Crippen LogP contribution in [0.4, 0.5) is 11.6 Å². The Kier molecular flexibility index (Phi) is 5.59. The lowest BCUT2D eigenvalue weighted by Gasteiger charge is -2.15. The second-order valence-corrected chi connectivity index (χ2v) is 9.68. The molecule has 3 aromatic heterocycles. The first kappa shape index (κ1) is 20.9. The lowest BCUT2D eigenvalue weighted by Crippen LogP contribution is -2.24. The number of rotatable bonds is 6. The molecule has 0 atom stereocenters. The number of hydrogen-bond donors (Lipinski definition) is 1. The minimum atomic E-state index is 0.0886. The second-order valence-electron chi connectivity index (χ2n) is 8.60. The third-order valence-electron chi connectivity index (χ3n) is 6.32. The van der Waals surface area contributed by atoms with Gasteiger partial charge < -0.3 is 5.32 Å². The van der Waals surface area contributed by atoms with Gasteiger partial charge in [-0.25, -0.2) is 4.98 Å². The molecule has 0 fully saturated rings. The van der Waals surface area contributed by atoms with Gasteiger partial charge >= 0.3 is 0 Å². The molecule has 32 heavy (non-hydrogen) atoms. The first-order valence-electron chi connectivity index (χ1n) is 11.5. The molecular formula is C25H29N5OS. The van der Waals surface area contributed by atoms with Gasteiger partial charge in [-0.1, -0.05) is 37.3 Å². The van der Waals surface area contributed by atoms with Crippen LogP contribution >= 0.6 is 11.3 Å². The molecule has 166 valence electrons. The zero-order valence-corrected chi connectivity index (χ0v) is 19.8. The van der Waals surface area contributed by atoms with Crippen molar-refractivity contribution < 1.29 is 0 Å². The van der Waals surface area contributed by atoms with Crippen LogP contribution in [-0.2, 0) is 25.9 Å². The largest absolute Gasteiger partial charge is 0.322 e. The van der Waals surface area contributed by atoms with Gasteiger partial charge in [0, 0.05) is 11.4 Å². The Labute approximate surface area is 191 Å². The molecule has 0 aliphatic heterocycles. The molecule has 0 spiro atoms. The van der Waals surface area contributed by atoms with E-state index < -0.39 is 0 Å². The Morgan fingerprint density at radius 1 is 1.12 bits per heavy atom. The second kappa shape index (κ2) is 8.54. The molecule has 0 unspecified atom stereocenters. The number of anilines is 2. The van der Waals surface area contributed by atoms with Crippen molar-refractivity contribution in [1.29, 1.82) is 0 Å². The number of hydrogen-bond acceptors (Lipinski definition) is 5. The van der Waals surface area contributed by atoms with Gasteiger partial charge in [-0.05, 0) is 57.1 Å². The summed E-state index contributed by atoms with van der Waals surface area (Å²) in [6.07, 6.45) is 5.30. The lowest BCUT2D eigenvalue weighted by atomic mass is 9.97. The summed E-state index contributed by atoms with van der Waals surface area (Å²) in [6, 6.07) is 10.3. The van der Waals surface area contributed by atoms with Crippen LogP contribution in [-0.4, -0.2) is 19.3 Å². The lowest BCUT2D eigenvalue weighted by molar-refractivity contribution is 0.654. The Bertz CT molecular complexity index is 1330. The molecule has 1 N–H and O–H groups in total. The quantitative estimate of drug-likeness (QED) is 0.433. The molecule has 0 saturated carbocycles. The summed E-state index contributed by atoms with van der Waals surface area (Å²) in [5.41, 5.74) is 5.41. The fourth-order valence-electron chi connectivity index (χ4n) is 4.66. The average Bonchev–Trinajstić information content (AvgIpc) is 3.29. The molecule has 0 amide bonds. The van der Waals surface area contributed by atoms with E-state index in [1.807, 2.05) is 34.4 Å². The molecule has 0 radical (unpaired) electrons. The van der Waals surface area contributed by atoms with Gasteiger partial charge in [0.25, 0.3) is 5.56 Å². The number of benzene rings is 1. The van der Waals surface area contributed by atoms with Crippen molar-refractivity contribution >= 4 is 33.2 Å². The number of nitrogens with one attached hydrogen (secondary N) is 1. The van der Waals surface area contributed by atoms with E-state index >= 15 is 0 Å². The standard InChI is InChI=1S/C25H29N5OS/c1-4-14-29-24(31)21-19-12-8-9-13-20(19)32-23(21)27-25(29)26-22-16(2)28-30(17(22)3)15-18-10-6-5-7-11-18/h5-7,10-11H,4,8-9,12-15H2,1-3H3,(H,26,27). The zero-order chi connectivity index (χ0) is 22.2. The Morgan fingerprint density at radius 3 is 2.69 bits per heavy atom. The van der Waals surface area contributed by atoms with Crippen molar-refractivity contribution in [2.45, 2.75) is 66.0 Å². The summed E-state index contributed by atoms with van der Waals surface area (Å²) in [7, 11) is 0. The minimum Gasteiger partial charge on any atom is -0.322 e. The topological polar surface area (TPSA) is 64.7 Å². The van der Waals surface area contributed by atoms with Gasteiger partial charge in [-0.15, -0.1) is 11.3 Å². The summed E-state index contributed by atoms with van der Waals surface area (Å²) in [6.45, 7) is 7.52. The molecule has 1 aliphatic rings. The van der Waals surface area contributed by atoms with Crippen LogP contribution in [0.1, 0.15) is 53.6 Å². The maximum Gasteiger partial charge on any atom is 0.263 e. The first-order valence-corrected chi connectivity index (χ1v) is 12.3. The zero-order valence-electron chi connectivity index (χ0n) is 18.9. The molecule has 1 aliphatic carbocycles. The van der Waals surface area contributed by atoms with Crippen molar-refractivity contribution in [2.75, 3.05) is 5.32 Å². The van der Waals surface area contributed by atoms with Gasteiger partial charge in [-0.3, -0.25) is 14.0 Å². The van der Waals surface area contributed by atoms with Crippen LogP contribution < -0.4 is 10.9 Å². The van der Waals surface area contributed by atoms with E-state index in [0.29, 0.717) is 19.0 Å². The van der Waals surface area contributed by atoms with E-state index in [0.717, 1.165) is 53.0 Å². The third-order valence-corrected chi connectivity index (χ3v) is 7.50. The summed E-state index contributed by atoms with van der Waals surface area (Å²) in [5, 5.41) is 9.09. The molecule has 5 rings (SSSR count). The fraction of sp³-hybridized carbons (Fsp3) is 0.400. The van der Waals surface area contributed by atoms with E-state index in [1.54, 1.807) is 11.3 Å². The number of nitrogens with zero attached hydrogens (tertiary/aromatic N) is 4. The van der Waals surface area contributed by atoms with Gasteiger partial charge in [0.1, 0.15) is 4.83 Å². The summed E-state index contributed by atoms with van der Waals surface area (Å²) in [4.78, 5) is 20.7. The van der Waals surface area contributed by atoms with Gasteiger partial charge in [0.05, 0.1) is 29.0 Å². The highest BCUT2D eigenvalue weighted by molar-refractivity contribution is 7.18. The highest BCUT2D eigenvalue weighted by atomic mass is 32.1. The predicted molar refractivity (Wildman–Crippen MR) is 131 cm³/mol. The molecular weight excluding hydrogens is 418 g/mol. The molecule has 0 bridgehead atoms. The van der Waals surface area contributed by atoms with Crippen molar-refractivity contribution in [3.8, 4) is 0 Å². The van der Waals surface area contributed by atoms with E-state index in [2.05, 4.69) is 31.3 Å².